The quantitative estimate of drug-likeness (QED) is 0.0196. The lowest BCUT2D eigenvalue weighted by Crippen LogP contribution is -2.25. The zero-order valence-electron chi connectivity index (χ0n) is 69.0. The normalized spacial score (nSPS) is 18.9. The Morgan fingerprint density at radius 3 is 1.23 bits per heavy atom. The van der Waals surface area contributed by atoms with Crippen molar-refractivity contribution in [2.45, 2.75) is 239 Å². The fraction of sp³-hybridized carbons (Fsp3) is 0.456. The van der Waals surface area contributed by atoms with Gasteiger partial charge in [-0.3, -0.25) is 0 Å². The molecule has 23 atom stereocenters. The largest absolute Gasteiger partial charge is 0.467 e. The van der Waals surface area contributed by atoms with Crippen LogP contribution in [0.4, 0.5) is 0 Å². The maximum absolute atomic E-state index is 6.09. The average molecular weight is 1790 g/mol. The van der Waals surface area contributed by atoms with Gasteiger partial charge in [0.15, 0.2) is 5.76 Å². The molecule has 2 saturated carbocycles. The Morgan fingerprint density at radius 1 is 0.384 bits per heavy atom. The molecule has 0 aromatic heterocycles. The highest BCUT2D eigenvalue weighted by atomic mass is 32.4. The van der Waals surface area contributed by atoms with Crippen molar-refractivity contribution >= 4 is 123 Å². The molecular formula is C90H148O8P14. The second kappa shape index (κ2) is 89.3. The van der Waals surface area contributed by atoms with Crippen molar-refractivity contribution in [1.29, 1.82) is 0 Å². The van der Waals surface area contributed by atoms with Crippen LogP contribution in [0, 0.1) is 23.7 Å². The first-order valence-corrected chi connectivity index (χ1v) is 56.4. The predicted octanol–water partition coefficient (Wildman–Crippen LogP) is 31.6. The van der Waals surface area contributed by atoms with Gasteiger partial charge in [-0.05, 0) is 139 Å². The van der Waals surface area contributed by atoms with Crippen LogP contribution in [0.5, 0.6) is 0 Å². The number of unbranched alkanes of at least 4 members (excludes halogenated alkanes) is 3. The molecule has 22 heteroatoms. The molecule has 2 rings (SSSR count). The van der Waals surface area contributed by atoms with Gasteiger partial charge in [-0.15, -0.1) is 0 Å². The van der Waals surface area contributed by atoms with Crippen molar-refractivity contribution in [3.05, 3.63) is 297 Å². The van der Waals surface area contributed by atoms with E-state index < -0.39 is 15.1 Å². The molecule has 0 aromatic rings. The minimum atomic E-state index is -0.617. The summed E-state index contributed by atoms with van der Waals surface area (Å²) in [7, 11) is 24.9. The molecule has 2 aliphatic rings. The summed E-state index contributed by atoms with van der Waals surface area (Å²) in [6, 6.07) is 0. The van der Waals surface area contributed by atoms with E-state index >= 15 is 0 Å². The minimum Gasteiger partial charge on any atom is -0.467 e. The average Bonchev–Trinajstić information content (AvgIpc) is 1.71. The SMILES string of the molecule is CC/C=C\CC(/C=C/C=C\C=C/C=C/C1CC1C/C=C\CCC)OP.CC/C=C\CC(/C=C/C=C\C=C/C=C=C(OPP)C(C/C=C\CCC)OP)OP(P)P.CC/C=C\CC(/C=C/C=C\C\C=C/C=C/C=C/C1CC1CCC)OP.CC/C=C\CC(OP(P)P)C(/C=C/C=C\C=C/C=C/C(C/C=C\CCC)OP)OPP. The minimum absolute atomic E-state index is 0.00434. The monoisotopic (exact) mass is 1790 g/mol. The topological polar surface area (TPSA) is 73.8 Å². The highest BCUT2D eigenvalue weighted by Gasteiger charge is 2.33. The van der Waals surface area contributed by atoms with Gasteiger partial charge >= 0.3 is 0 Å². The molecule has 0 aliphatic heterocycles. The second-order valence-electron chi connectivity index (χ2n) is 25.8. The van der Waals surface area contributed by atoms with E-state index in [-0.39, 0.29) is 51.2 Å². The van der Waals surface area contributed by atoms with E-state index in [0.29, 0.717) is 14.3 Å². The molecule has 0 spiro atoms. The molecule has 2 fully saturated rings. The van der Waals surface area contributed by atoms with Gasteiger partial charge in [-0.2, -0.15) is 0 Å². The third kappa shape index (κ3) is 76.5. The van der Waals surface area contributed by atoms with Crippen LogP contribution in [0.25, 0.3) is 0 Å². The van der Waals surface area contributed by atoms with Gasteiger partial charge in [0.1, 0.15) is 12.2 Å². The van der Waals surface area contributed by atoms with Gasteiger partial charge < -0.3 is 36.2 Å². The lowest BCUT2D eigenvalue weighted by molar-refractivity contribution is 0.114. The fourth-order valence-electron chi connectivity index (χ4n) is 9.94. The van der Waals surface area contributed by atoms with E-state index in [2.05, 4.69) is 353 Å². The zero-order valence-corrected chi connectivity index (χ0v) is 84.3. The molecule has 0 bridgehead atoms. The Kier molecular flexibility index (Phi) is 90.2. The van der Waals surface area contributed by atoms with E-state index in [9.17, 15) is 0 Å². The summed E-state index contributed by atoms with van der Waals surface area (Å²) in [5, 5.41) is 0. The molecule has 0 N–H and O–H groups in total. The van der Waals surface area contributed by atoms with E-state index in [1.165, 1.54) is 51.4 Å². The lowest BCUT2D eigenvalue weighted by atomic mass is 10.1. The van der Waals surface area contributed by atoms with Crippen molar-refractivity contribution in [1.82, 2.24) is 0 Å². The van der Waals surface area contributed by atoms with Crippen molar-refractivity contribution in [3.63, 3.8) is 0 Å². The maximum atomic E-state index is 6.09. The van der Waals surface area contributed by atoms with Crippen molar-refractivity contribution in [2.24, 2.45) is 23.7 Å². The first-order chi connectivity index (χ1) is 54.8. The molecular weight excluding hydrogens is 1640 g/mol. The van der Waals surface area contributed by atoms with Crippen molar-refractivity contribution in [2.75, 3.05) is 0 Å². The Balaban J connectivity index is 0. The highest BCUT2D eigenvalue weighted by Crippen LogP contribution is 2.56. The number of rotatable bonds is 61. The van der Waals surface area contributed by atoms with E-state index in [1.54, 1.807) is 0 Å². The zero-order chi connectivity index (χ0) is 82.7. The van der Waals surface area contributed by atoms with Crippen molar-refractivity contribution in [3.8, 4) is 0 Å². The van der Waals surface area contributed by atoms with Crippen LogP contribution >= 0.6 is 123 Å². The van der Waals surface area contributed by atoms with Gasteiger partial charge in [-0.1, -0.05) is 426 Å². The summed E-state index contributed by atoms with van der Waals surface area (Å²) < 4.78 is 45.2. The molecule has 0 amide bonds. The predicted molar refractivity (Wildman–Crippen MR) is 546 cm³/mol. The Hall–Kier alpha value is -0.920. The third-order valence-electron chi connectivity index (χ3n) is 16.1. The third-order valence-corrected chi connectivity index (χ3v) is 21.5. The van der Waals surface area contributed by atoms with Crippen molar-refractivity contribution < 1.29 is 36.2 Å². The van der Waals surface area contributed by atoms with Crippen LogP contribution < -0.4 is 0 Å². The molecule has 112 heavy (non-hydrogen) atoms. The van der Waals surface area contributed by atoms with Crippen LogP contribution in [0.1, 0.15) is 197 Å². The molecule has 2 aliphatic carbocycles. The lowest BCUT2D eigenvalue weighted by Gasteiger charge is -2.25. The molecule has 0 aromatic carbocycles. The Labute approximate surface area is 714 Å². The first kappa shape index (κ1) is 113. The van der Waals surface area contributed by atoms with Crippen LogP contribution in [-0.4, -0.2) is 42.7 Å². The summed E-state index contributed by atoms with van der Waals surface area (Å²) >= 11 is 0. The fourth-order valence-corrected chi connectivity index (χ4v) is 15.2. The van der Waals surface area contributed by atoms with Gasteiger partial charge in [-0.25, -0.2) is 0 Å². The number of allylic oxidation sites excluding steroid dienone is 35. The number of hydrogen-bond donors (Lipinski definition) is 0. The standard InChI is InChI=1S/2C23H35OP.C22H38O3P6.C22H40O3P6/c1-3-5-13-18-23(24-25)19-15-12-10-8-6-7-9-11-14-17-22-20-21(22)16-4-2;1-3-5-7-13-16-21-20-22(21)17-14-10-8-9-11-15-19-23(24-25)18-12-6-4-2;1-3-5-7-14-18-21(23-26)22(24-30-27)19-15-11-9-8-10-13-17-20(25-31(28)29)16-12-6-4-2;1-3-5-7-13-16-20(23-26)17-14-10-8-9-11-15-18-21(24-30-27)22(25-31(28)29)19-12-6-4-2/h5-7,9-15,17,19,21-23H,3-4,8,16,18,20,25H2,1-2H3;6-15,17,19,21-23H,3-5,16,18,20,25H2,1-2H3;6-15,17,20-21,30H,3-5,16,18,26-29H2,1-2H3;6-15,17-18,20-22,30H,3-5,16,19,26-29H2,1-2H3/b7-6-,11-9+,12-10-,13-5-,17-14+,19-15+;10-8-,11-9-,12-6-,13-7-,17-14+,19-15+;10-8-,11-9-,12-6-,14-7-,17-13+;10-8-,11-9-,12-6-,13-7-,17-14+,18-15+. The maximum Gasteiger partial charge on any atom is 0.171 e. The smallest absolute Gasteiger partial charge is 0.171 e. The van der Waals surface area contributed by atoms with Gasteiger partial charge in [0.2, 0.25) is 0 Å². The summed E-state index contributed by atoms with van der Waals surface area (Å²) in [4.78, 5) is 0. The first-order valence-electron chi connectivity index (χ1n) is 40.1. The molecule has 0 radical (unpaired) electrons. The summed E-state index contributed by atoms with van der Waals surface area (Å²) in [5.41, 5.74) is 3.19. The van der Waals surface area contributed by atoms with Crippen LogP contribution in [0.3, 0.4) is 0 Å². The Bertz CT molecular complexity index is 3030. The van der Waals surface area contributed by atoms with Gasteiger partial charge in [0.25, 0.3) is 0 Å². The second-order valence-corrected chi connectivity index (χ2v) is 40.7. The summed E-state index contributed by atoms with van der Waals surface area (Å²) in [6.07, 6.45) is 123. The molecule has 23 unspecified atom stereocenters. The molecule has 0 saturated heterocycles. The summed E-state index contributed by atoms with van der Waals surface area (Å²) in [5.74, 6) is 4.17. The van der Waals surface area contributed by atoms with E-state index in [0.717, 1.165) is 114 Å². The van der Waals surface area contributed by atoms with Gasteiger partial charge in [0, 0.05) is 46.4 Å². The van der Waals surface area contributed by atoms with Crippen LogP contribution in [0.2, 0.25) is 0 Å². The van der Waals surface area contributed by atoms with E-state index in [1.807, 2.05) is 85.1 Å². The molecule has 626 valence electrons. The Morgan fingerprint density at radius 2 is 0.777 bits per heavy atom. The molecule has 8 nitrogen and oxygen atoms in total. The van der Waals surface area contributed by atoms with Crippen LogP contribution in [0.15, 0.2) is 297 Å². The van der Waals surface area contributed by atoms with E-state index in [4.69, 9.17) is 36.2 Å². The highest BCUT2D eigenvalue weighted by molar-refractivity contribution is 8.41. The molecule has 0 heterocycles. The summed E-state index contributed by atoms with van der Waals surface area (Å²) in [6.45, 7) is 17.4. The van der Waals surface area contributed by atoms with Gasteiger partial charge in [0.05, 0.1) is 54.1 Å². The van der Waals surface area contributed by atoms with Crippen LogP contribution in [-0.2, 0) is 36.2 Å². The number of hydrogen-bond acceptors (Lipinski definition) is 8.